The molecule has 30 heavy (non-hydrogen) atoms. The van der Waals surface area contributed by atoms with E-state index >= 15 is 0 Å². The molecular weight excluding hydrogens is 402 g/mol. The Balaban J connectivity index is 1.57. The molecule has 8 nitrogen and oxygen atoms in total. The molecule has 4 heterocycles. The molecule has 1 aliphatic rings. The molecule has 0 aliphatic carbocycles. The van der Waals surface area contributed by atoms with Gasteiger partial charge in [0.05, 0.1) is 25.5 Å². The summed E-state index contributed by atoms with van der Waals surface area (Å²) in [6.45, 7) is 6.89. The molecule has 0 saturated carbocycles. The largest absolute Gasteiger partial charge is 0.383 e. The fraction of sp³-hybridized carbons (Fsp3) is 0.476. The van der Waals surface area contributed by atoms with Gasteiger partial charge in [0, 0.05) is 68.7 Å². The molecule has 160 valence electrons. The van der Waals surface area contributed by atoms with E-state index in [9.17, 15) is 4.79 Å². The van der Waals surface area contributed by atoms with Gasteiger partial charge in [-0.3, -0.25) is 14.4 Å². The summed E-state index contributed by atoms with van der Waals surface area (Å²) < 4.78 is 13.1. The quantitative estimate of drug-likeness (QED) is 0.554. The van der Waals surface area contributed by atoms with Crippen molar-refractivity contribution in [3.05, 3.63) is 46.7 Å². The van der Waals surface area contributed by atoms with Crippen LogP contribution in [0.5, 0.6) is 0 Å². The summed E-state index contributed by atoms with van der Waals surface area (Å²) in [5.74, 6) is -0.102. The van der Waals surface area contributed by atoms with Crippen LogP contribution in [0.3, 0.4) is 0 Å². The molecule has 9 heteroatoms. The minimum atomic E-state index is -0.180. The van der Waals surface area contributed by atoms with E-state index in [0.29, 0.717) is 24.6 Å². The van der Waals surface area contributed by atoms with Crippen molar-refractivity contribution < 1.29 is 14.3 Å². The number of hydrogen-bond acceptors (Lipinski definition) is 7. The van der Waals surface area contributed by atoms with E-state index in [0.717, 1.165) is 42.0 Å². The van der Waals surface area contributed by atoms with Gasteiger partial charge in [0.1, 0.15) is 9.71 Å². The van der Waals surface area contributed by atoms with Gasteiger partial charge in [-0.1, -0.05) is 6.07 Å². The van der Waals surface area contributed by atoms with Gasteiger partial charge in [-0.2, -0.15) is 5.10 Å². The number of hydrogen-bond donors (Lipinski definition) is 1. The number of fused-ring (bicyclic) bond motifs is 1. The minimum Gasteiger partial charge on any atom is -0.383 e. The van der Waals surface area contributed by atoms with E-state index < -0.39 is 0 Å². The molecule has 0 unspecified atom stereocenters. The highest BCUT2D eigenvalue weighted by atomic mass is 32.1. The highest BCUT2D eigenvalue weighted by molar-refractivity contribution is 7.20. The van der Waals surface area contributed by atoms with E-state index in [-0.39, 0.29) is 12.0 Å². The average Bonchev–Trinajstić information content (AvgIpc) is 3.38. The summed E-state index contributed by atoms with van der Waals surface area (Å²) in [4.78, 5) is 21.3. The maximum absolute atomic E-state index is 12.9. The van der Waals surface area contributed by atoms with Crippen molar-refractivity contribution in [1.82, 2.24) is 25.0 Å². The highest BCUT2D eigenvalue weighted by Gasteiger charge is 2.30. The topological polar surface area (TPSA) is 81.5 Å². The second-order valence-corrected chi connectivity index (χ2v) is 8.25. The number of amides is 1. The molecule has 1 amide bonds. The van der Waals surface area contributed by atoms with Crippen molar-refractivity contribution in [3.63, 3.8) is 0 Å². The lowest BCUT2D eigenvalue weighted by molar-refractivity contribution is -0.0323. The number of nitrogens with zero attached hydrogens (tertiary/aromatic N) is 4. The Morgan fingerprint density at radius 2 is 2.37 bits per heavy atom. The van der Waals surface area contributed by atoms with E-state index in [1.54, 1.807) is 13.3 Å². The number of thiophene rings is 1. The van der Waals surface area contributed by atoms with Crippen LogP contribution in [0, 0.1) is 0 Å². The van der Waals surface area contributed by atoms with Crippen molar-refractivity contribution in [3.8, 4) is 0 Å². The lowest BCUT2D eigenvalue weighted by atomic mass is 10.0. The molecule has 1 aliphatic heterocycles. The zero-order valence-corrected chi connectivity index (χ0v) is 18.2. The number of rotatable bonds is 8. The predicted octanol–water partition coefficient (Wildman–Crippen LogP) is 2.46. The van der Waals surface area contributed by atoms with E-state index in [4.69, 9.17) is 9.47 Å². The third kappa shape index (κ3) is 4.54. The van der Waals surface area contributed by atoms with Crippen LogP contribution in [0.25, 0.3) is 10.2 Å². The SMILES string of the molecule is CCn1cc(CN2CCO[C@H](c3c(C(=O)NCCOC)sc4ncccc34)C2)cn1. The fourth-order valence-electron chi connectivity index (χ4n) is 3.73. The molecule has 3 aromatic heterocycles. The molecular formula is C21H27N5O3S. The van der Waals surface area contributed by atoms with Crippen molar-refractivity contribution in [2.24, 2.45) is 0 Å². The zero-order valence-electron chi connectivity index (χ0n) is 17.3. The summed E-state index contributed by atoms with van der Waals surface area (Å²) in [5.41, 5.74) is 2.12. The van der Waals surface area contributed by atoms with Gasteiger partial charge in [0.25, 0.3) is 5.91 Å². The number of carbonyl (C=O) groups excluding carboxylic acids is 1. The summed E-state index contributed by atoms with van der Waals surface area (Å²) in [6.07, 6.45) is 5.59. The van der Waals surface area contributed by atoms with Gasteiger partial charge in [0.2, 0.25) is 0 Å². The van der Waals surface area contributed by atoms with Gasteiger partial charge in [0.15, 0.2) is 0 Å². The van der Waals surface area contributed by atoms with E-state index in [2.05, 4.69) is 33.4 Å². The van der Waals surface area contributed by atoms with Crippen LogP contribution >= 0.6 is 11.3 Å². The normalized spacial score (nSPS) is 17.5. The summed E-state index contributed by atoms with van der Waals surface area (Å²) in [5, 5.41) is 8.30. The second-order valence-electron chi connectivity index (χ2n) is 7.25. The Labute approximate surface area is 179 Å². The molecule has 1 atom stereocenters. The molecule has 0 aromatic carbocycles. The molecule has 4 rings (SSSR count). The lowest BCUT2D eigenvalue weighted by Gasteiger charge is -2.33. The van der Waals surface area contributed by atoms with Crippen LogP contribution in [0.1, 0.15) is 33.8 Å². The van der Waals surface area contributed by atoms with Crippen LogP contribution in [0.4, 0.5) is 0 Å². The molecule has 0 bridgehead atoms. The average molecular weight is 430 g/mol. The smallest absolute Gasteiger partial charge is 0.261 e. The number of morpholine rings is 1. The number of pyridine rings is 1. The summed E-state index contributed by atoms with van der Waals surface area (Å²) in [6, 6.07) is 3.93. The van der Waals surface area contributed by atoms with Crippen LogP contribution in [0.2, 0.25) is 0 Å². The fourth-order valence-corrected chi connectivity index (χ4v) is 4.84. The van der Waals surface area contributed by atoms with Crippen molar-refractivity contribution in [2.75, 3.05) is 40.0 Å². The van der Waals surface area contributed by atoms with Crippen LogP contribution in [0.15, 0.2) is 30.7 Å². The number of aromatic nitrogens is 3. The number of methoxy groups -OCH3 is 1. The number of aryl methyl sites for hydroxylation is 1. The number of ether oxygens (including phenoxy) is 2. The van der Waals surface area contributed by atoms with E-state index in [1.807, 2.05) is 23.0 Å². The zero-order chi connectivity index (χ0) is 20.9. The Hall–Kier alpha value is -2.33. The first-order valence-corrected chi connectivity index (χ1v) is 11.0. The number of nitrogens with one attached hydrogen (secondary N) is 1. The van der Waals surface area contributed by atoms with Gasteiger partial charge < -0.3 is 14.8 Å². The molecule has 1 fully saturated rings. The van der Waals surface area contributed by atoms with Gasteiger partial charge in [-0.05, 0) is 13.0 Å². The van der Waals surface area contributed by atoms with Crippen molar-refractivity contribution in [1.29, 1.82) is 0 Å². The van der Waals surface area contributed by atoms with Gasteiger partial charge in [-0.25, -0.2) is 4.98 Å². The van der Waals surface area contributed by atoms with E-state index in [1.165, 1.54) is 16.9 Å². The minimum absolute atomic E-state index is 0.102. The number of carbonyl (C=O) groups is 1. The van der Waals surface area contributed by atoms with Crippen molar-refractivity contribution >= 4 is 27.5 Å². The molecule has 1 saturated heterocycles. The molecule has 3 aromatic rings. The van der Waals surface area contributed by atoms with Gasteiger partial charge in [-0.15, -0.1) is 11.3 Å². The van der Waals surface area contributed by atoms with Gasteiger partial charge >= 0.3 is 0 Å². The Bertz CT molecular complexity index is 1000. The highest BCUT2D eigenvalue weighted by Crippen LogP contribution is 2.37. The van der Waals surface area contributed by atoms with Crippen LogP contribution < -0.4 is 5.32 Å². The maximum Gasteiger partial charge on any atom is 0.261 e. The predicted molar refractivity (Wildman–Crippen MR) is 116 cm³/mol. The Morgan fingerprint density at radius 3 is 3.17 bits per heavy atom. The first kappa shape index (κ1) is 20.9. The van der Waals surface area contributed by atoms with Crippen LogP contribution in [-0.4, -0.2) is 65.5 Å². The summed E-state index contributed by atoms with van der Waals surface area (Å²) in [7, 11) is 1.62. The standard InChI is InChI=1S/C21H27N5O3S/c1-3-26-13-15(11-24-26)12-25-8-10-29-17(14-25)18-16-5-4-6-23-21(16)30-19(18)20(27)22-7-9-28-2/h4-6,11,13,17H,3,7-10,12,14H2,1-2H3,(H,22,27)/t17-/m0/s1. The third-order valence-corrected chi connectivity index (χ3v) is 6.32. The first-order valence-electron chi connectivity index (χ1n) is 10.2. The summed E-state index contributed by atoms with van der Waals surface area (Å²) >= 11 is 1.42. The maximum atomic E-state index is 12.9. The monoisotopic (exact) mass is 429 g/mol. The first-order chi connectivity index (χ1) is 14.7. The molecule has 1 N–H and O–H groups in total. The molecule has 0 spiro atoms. The van der Waals surface area contributed by atoms with Crippen molar-refractivity contribution in [2.45, 2.75) is 26.1 Å². The Kier molecular flexibility index (Phi) is 6.73. The Morgan fingerprint density at radius 1 is 1.47 bits per heavy atom. The molecule has 0 radical (unpaired) electrons. The second kappa shape index (κ2) is 9.65. The lowest BCUT2D eigenvalue weighted by Crippen LogP contribution is -2.38. The van der Waals surface area contributed by atoms with Crippen LogP contribution in [-0.2, 0) is 22.6 Å². The third-order valence-electron chi connectivity index (χ3n) is 5.19.